The van der Waals surface area contributed by atoms with Gasteiger partial charge in [0.1, 0.15) is 4.83 Å². The fraction of sp³-hybridized carbons (Fsp3) is 0. The van der Waals surface area contributed by atoms with Crippen molar-refractivity contribution in [3.8, 4) is 17.1 Å². The van der Waals surface area contributed by atoms with Gasteiger partial charge in [0.25, 0.3) is 0 Å². The first-order chi connectivity index (χ1) is 25.8. The molecule has 5 heteroatoms. The number of aromatic nitrogens is 4. The van der Waals surface area contributed by atoms with Crippen LogP contribution < -0.4 is 0 Å². The summed E-state index contributed by atoms with van der Waals surface area (Å²) in [6.45, 7) is 0. The van der Waals surface area contributed by atoms with Gasteiger partial charge in [0.15, 0.2) is 0 Å². The standard InChI is InChI=1S/C47H28N4S/c1-6-16-40-32(11-1)33-12-2-7-17-41(33)49(40)29-21-23-45-37(25-29)36-15-5-10-20-44(36)51(45)31-27-39-38-26-30(22-24-46(38)52-47(39)48-28-31)50-42-18-8-3-13-34(42)35-14-4-9-19-43(35)50/h1-28H. The van der Waals surface area contributed by atoms with E-state index in [0.717, 1.165) is 27.4 Å². The van der Waals surface area contributed by atoms with Crippen molar-refractivity contribution in [1.82, 2.24) is 18.7 Å². The van der Waals surface area contributed by atoms with Crippen molar-refractivity contribution in [2.45, 2.75) is 0 Å². The van der Waals surface area contributed by atoms with Crippen LogP contribution in [0, 0.1) is 0 Å². The van der Waals surface area contributed by atoms with Crippen molar-refractivity contribution in [3.63, 3.8) is 0 Å². The van der Waals surface area contributed by atoms with E-state index in [1.807, 2.05) is 6.20 Å². The predicted molar refractivity (Wildman–Crippen MR) is 220 cm³/mol. The summed E-state index contributed by atoms with van der Waals surface area (Å²) in [5, 5.41) is 9.92. The van der Waals surface area contributed by atoms with Crippen LogP contribution in [-0.4, -0.2) is 18.7 Å². The van der Waals surface area contributed by atoms with Gasteiger partial charge in [-0.1, -0.05) is 91.0 Å². The molecule has 0 aliphatic rings. The summed E-state index contributed by atoms with van der Waals surface area (Å²) in [4.78, 5) is 6.14. The molecule has 0 radical (unpaired) electrons. The molecule has 242 valence electrons. The van der Waals surface area contributed by atoms with Crippen LogP contribution in [0.5, 0.6) is 0 Å². The Morgan fingerprint density at radius 3 is 1.23 bits per heavy atom. The lowest BCUT2D eigenvalue weighted by molar-refractivity contribution is 1.15. The van der Waals surface area contributed by atoms with Crippen LogP contribution in [0.2, 0.25) is 0 Å². The Morgan fingerprint density at radius 1 is 0.327 bits per heavy atom. The average molecular weight is 681 g/mol. The van der Waals surface area contributed by atoms with E-state index in [2.05, 4.69) is 177 Å². The Bertz CT molecular complexity index is 3320. The zero-order valence-electron chi connectivity index (χ0n) is 27.9. The van der Waals surface area contributed by atoms with Gasteiger partial charge in [-0.25, -0.2) is 4.98 Å². The number of rotatable bonds is 3. The summed E-state index contributed by atoms with van der Waals surface area (Å²) in [7, 11) is 0. The molecule has 52 heavy (non-hydrogen) atoms. The largest absolute Gasteiger partial charge is 0.309 e. The molecule has 0 atom stereocenters. The Hall–Kier alpha value is -6.69. The summed E-state index contributed by atoms with van der Waals surface area (Å²) >= 11 is 1.76. The molecular formula is C47H28N4S. The predicted octanol–water partition coefficient (Wildman–Crippen LogP) is 12.7. The SMILES string of the molecule is c1ccc2c(c1)c1ccccc1n2-c1ccc2sc3ncc(-n4c5ccccc5c5cc(-n6c7ccccc7c7ccccc76)ccc54)cc3c2c1. The first kappa shape index (κ1) is 28.1. The molecule has 0 amide bonds. The van der Waals surface area contributed by atoms with Gasteiger partial charge >= 0.3 is 0 Å². The number of fused-ring (bicyclic) bond motifs is 12. The highest BCUT2D eigenvalue weighted by Crippen LogP contribution is 2.40. The lowest BCUT2D eigenvalue weighted by Gasteiger charge is -2.10. The van der Waals surface area contributed by atoms with Gasteiger partial charge in [-0.15, -0.1) is 11.3 Å². The second kappa shape index (κ2) is 10.4. The molecule has 5 heterocycles. The number of thiophene rings is 1. The number of hydrogen-bond donors (Lipinski definition) is 0. The molecule has 0 unspecified atom stereocenters. The van der Waals surface area contributed by atoms with E-state index in [-0.39, 0.29) is 0 Å². The summed E-state index contributed by atoms with van der Waals surface area (Å²) in [6.07, 6.45) is 2.04. The number of pyridine rings is 1. The minimum atomic E-state index is 1.05. The van der Waals surface area contributed by atoms with Gasteiger partial charge in [-0.05, 0) is 72.8 Å². The fourth-order valence-corrected chi connectivity index (χ4v) is 9.69. The van der Waals surface area contributed by atoms with Crippen LogP contribution >= 0.6 is 11.3 Å². The topological polar surface area (TPSA) is 27.7 Å². The maximum absolute atomic E-state index is 5.09. The summed E-state index contributed by atoms with van der Waals surface area (Å²) in [6, 6.07) is 59.7. The summed E-state index contributed by atoms with van der Waals surface area (Å²) in [5.74, 6) is 0. The summed E-state index contributed by atoms with van der Waals surface area (Å²) < 4.78 is 8.41. The number of nitrogens with zero attached hydrogens (tertiary/aromatic N) is 4. The van der Waals surface area contributed by atoms with Gasteiger partial charge in [-0.2, -0.15) is 0 Å². The van der Waals surface area contributed by atoms with E-state index in [4.69, 9.17) is 4.98 Å². The van der Waals surface area contributed by atoms with Crippen molar-refractivity contribution in [2.75, 3.05) is 0 Å². The van der Waals surface area contributed by atoms with Crippen molar-refractivity contribution in [3.05, 3.63) is 170 Å². The van der Waals surface area contributed by atoms with E-state index in [1.165, 1.54) is 75.4 Å². The zero-order valence-corrected chi connectivity index (χ0v) is 28.7. The third-order valence-corrected chi connectivity index (χ3v) is 12.0. The molecule has 0 saturated carbocycles. The smallest absolute Gasteiger partial charge is 0.124 e. The quantitative estimate of drug-likeness (QED) is 0.182. The van der Waals surface area contributed by atoms with Crippen LogP contribution in [-0.2, 0) is 0 Å². The van der Waals surface area contributed by atoms with Gasteiger partial charge in [0.05, 0.1) is 45.0 Å². The minimum absolute atomic E-state index is 1.05. The third-order valence-electron chi connectivity index (χ3n) is 10.9. The average Bonchev–Trinajstić information content (AvgIpc) is 3.93. The van der Waals surface area contributed by atoms with Crippen LogP contribution in [0.15, 0.2) is 170 Å². The Labute approximate surface area is 301 Å². The minimum Gasteiger partial charge on any atom is -0.309 e. The maximum atomic E-state index is 5.09. The van der Waals surface area contributed by atoms with Crippen molar-refractivity contribution in [1.29, 1.82) is 0 Å². The van der Waals surface area contributed by atoms with Gasteiger partial charge in [0, 0.05) is 59.2 Å². The molecule has 12 aromatic rings. The Morgan fingerprint density at radius 2 is 0.712 bits per heavy atom. The molecule has 0 fully saturated rings. The highest BCUT2D eigenvalue weighted by molar-refractivity contribution is 7.25. The Kier molecular flexibility index (Phi) is 5.62. The van der Waals surface area contributed by atoms with E-state index in [0.29, 0.717) is 0 Å². The van der Waals surface area contributed by atoms with Gasteiger partial charge in [-0.3, -0.25) is 0 Å². The molecule has 7 aromatic carbocycles. The monoisotopic (exact) mass is 680 g/mol. The highest BCUT2D eigenvalue weighted by Gasteiger charge is 2.18. The van der Waals surface area contributed by atoms with E-state index in [9.17, 15) is 0 Å². The molecule has 0 spiro atoms. The number of para-hydroxylation sites is 5. The highest BCUT2D eigenvalue weighted by atomic mass is 32.1. The summed E-state index contributed by atoms with van der Waals surface area (Å²) in [5.41, 5.74) is 10.6. The molecule has 4 nitrogen and oxygen atoms in total. The van der Waals surface area contributed by atoms with E-state index < -0.39 is 0 Å². The molecule has 0 bridgehead atoms. The van der Waals surface area contributed by atoms with Crippen molar-refractivity contribution in [2.24, 2.45) is 0 Å². The van der Waals surface area contributed by atoms with Crippen LogP contribution in [0.25, 0.3) is 103 Å². The molecule has 0 aliphatic carbocycles. The van der Waals surface area contributed by atoms with Gasteiger partial charge < -0.3 is 13.7 Å². The third kappa shape index (κ3) is 3.78. The molecule has 0 saturated heterocycles. The normalized spacial score (nSPS) is 12.2. The van der Waals surface area contributed by atoms with Crippen LogP contribution in [0.1, 0.15) is 0 Å². The zero-order chi connectivity index (χ0) is 33.9. The van der Waals surface area contributed by atoms with Crippen molar-refractivity contribution >= 4 is 97.1 Å². The van der Waals surface area contributed by atoms with E-state index >= 15 is 0 Å². The molecule has 0 N–H and O–H groups in total. The lowest BCUT2D eigenvalue weighted by Crippen LogP contribution is -1.96. The van der Waals surface area contributed by atoms with Gasteiger partial charge in [0.2, 0.25) is 0 Å². The lowest BCUT2D eigenvalue weighted by atomic mass is 10.1. The first-order valence-electron chi connectivity index (χ1n) is 17.6. The van der Waals surface area contributed by atoms with Crippen LogP contribution in [0.4, 0.5) is 0 Å². The maximum Gasteiger partial charge on any atom is 0.124 e. The molecular weight excluding hydrogens is 653 g/mol. The number of hydrogen-bond acceptors (Lipinski definition) is 2. The number of benzene rings is 7. The van der Waals surface area contributed by atoms with E-state index in [1.54, 1.807) is 11.3 Å². The second-order valence-corrected chi connectivity index (χ2v) is 14.7. The first-order valence-corrected chi connectivity index (χ1v) is 18.4. The Balaban J connectivity index is 1.07. The molecule has 0 aliphatic heterocycles. The van der Waals surface area contributed by atoms with Crippen molar-refractivity contribution < 1.29 is 0 Å². The molecule has 12 rings (SSSR count). The van der Waals surface area contributed by atoms with Crippen LogP contribution in [0.3, 0.4) is 0 Å². The fourth-order valence-electron chi connectivity index (χ4n) is 8.68. The molecule has 5 aromatic heterocycles. The second-order valence-electron chi connectivity index (χ2n) is 13.6.